The zero-order valence-electron chi connectivity index (χ0n) is 8.66. The fraction of sp³-hybridized carbons (Fsp3) is 0.333. The predicted octanol–water partition coefficient (Wildman–Crippen LogP) is 4.03. The average Bonchev–Trinajstić information content (AvgIpc) is 2.26. The maximum Gasteiger partial charge on any atom is 0.499 e. The molecule has 98 valence electrons. The highest BCUT2D eigenvalue weighted by Gasteiger charge is 2.61. The predicted molar refractivity (Wildman–Crippen MR) is 50.9 cm³/mol. The second-order valence-electron chi connectivity index (χ2n) is 3.15. The van der Waals surface area contributed by atoms with Crippen LogP contribution in [-0.2, 0) is 6.54 Å². The lowest BCUT2D eigenvalue weighted by molar-refractivity contribution is -0.360. The number of hydrogen-bond donors (Lipinski definition) is 0. The minimum Gasteiger partial charge on any atom is -0.426 e. The molecule has 0 unspecified atom stereocenters. The Morgan fingerprint density at radius 1 is 1.11 bits per heavy atom. The Kier molecular flexibility index (Phi) is 3.97. The van der Waals surface area contributed by atoms with Gasteiger partial charge in [0.05, 0.1) is 6.54 Å². The molecule has 9 heteroatoms. The van der Waals surface area contributed by atoms with Gasteiger partial charge in [0, 0.05) is 4.91 Å². The third-order valence-electron chi connectivity index (χ3n) is 1.82. The molecule has 0 amide bonds. The van der Waals surface area contributed by atoms with E-state index in [0.29, 0.717) is 5.56 Å². The minimum absolute atomic E-state index is 0.0353. The number of hydrogen-bond acceptors (Lipinski definition) is 2. The number of azide groups is 1. The molecule has 0 atom stereocenters. The van der Waals surface area contributed by atoms with Gasteiger partial charge in [0.2, 0.25) is 0 Å². The molecule has 1 rings (SSSR count). The first-order chi connectivity index (χ1) is 8.26. The van der Waals surface area contributed by atoms with E-state index in [4.69, 9.17) is 5.53 Å². The van der Waals surface area contributed by atoms with Crippen LogP contribution in [0.3, 0.4) is 0 Å². The molecule has 0 saturated heterocycles. The summed E-state index contributed by atoms with van der Waals surface area (Å²) in [6.07, 6.45) is -11.0. The molecule has 0 aliphatic rings. The molecular weight excluding hydrogens is 261 g/mol. The van der Waals surface area contributed by atoms with E-state index < -0.39 is 18.0 Å². The normalized spacial score (nSPS) is 11.8. The Balaban J connectivity index is 2.78. The summed E-state index contributed by atoms with van der Waals surface area (Å²) in [5.41, 5.74) is 8.49. The number of ether oxygens (including phenoxy) is 1. The van der Waals surface area contributed by atoms with Crippen LogP contribution in [0.2, 0.25) is 0 Å². The van der Waals surface area contributed by atoms with Gasteiger partial charge in [0.1, 0.15) is 5.75 Å². The summed E-state index contributed by atoms with van der Waals surface area (Å²) in [5, 5.41) is 3.20. The fourth-order valence-electron chi connectivity index (χ4n) is 0.982. The van der Waals surface area contributed by atoms with Gasteiger partial charge >= 0.3 is 12.3 Å². The van der Waals surface area contributed by atoms with Crippen LogP contribution in [0.4, 0.5) is 22.0 Å². The van der Waals surface area contributed by atoms with Crippen LogP contribution in [0.15, 0.2) is 29.4 Å². The second-order valence-corrected chi connectivity index (χ2v) is 3.15. The van der Waals surface area contributed by atoms with Crippen molar-refractivity contribution in [3.8, 4) is 5.75 Å². The van der Waals surface area contributed by atoms with E-state index >= 15 is 0 Å². The highest BCUT2D eigenvalue weighted by atomic mass is 19.4. The van der Waals surface area contributed by atoms with Crippen LogP contribution in [0.5, 0.6) is 5.75 Å². The molecule has 0 radical (unpaired) electrons. The van der Waals surface area contributed by atoms with E-state index in [-0.39, 0.29) is 6.54 Å². The first-order valence-corrected chi connectivity index (χ1v) is 4.49. The number of halogens is 5. The Bertz CT molecular complexity index is 450. The quantitative estimate of drug-likeness (QED) is 0.351. The van der Waals surface area contributed by atoms with Crippen molar-refractivity contribution >= 4 is 0 Å². The van der Waals surface area contributed by atoms with Crippen LogP contribution in [0.1, 0.15) is 5.56 Å². The van der Waals surface area contributed by atoms with Crippen LogP contribution >= 0.6 is 0 Å². The van der Waals surface area contributed by atoms with E-state index in [1.807, 2.05) is 0 Å². The van der Waals surface area contributed by atoms with Crippen LogP contribution in [0, 0.1) is 0 Å². The summed E-state index contributed by atoms with van der Waals surface area (Å²) in [4.78, 5) is 2.47. The van der Waals surface area contributed by atoms with Gasteiger partial charge in [-0.3, -0.25) is 0 Å². The first-order valence-electron chi connectivity index (χ1n) is 4.49. The number of nitrogens with zero attached hydrogens (tertiary/aromatic N) is 3. The summed E-state index contributed by atoms with van der Waals surface area (Å²) >= 11 is 0. The van der Waals surface area contributed by atoms with E-state index in [0.717, 1.165) is 12.1 Å². The topological polar surface area (TPSA) is 58.0 Å². The van der Waals surface area contributed by atoms with Crippen molar-refractivity contribution in [1.29, 1.82) is 0 Å². The maximum absolute atomic E-state index is 12.5. The van der Waals surface area contributed by atoms with Crippen LogP contribution < -0.4 is 4.74 Å². The molecule has 0 aliphatic heterocycles. The fourth-order valence-corrected chi connectivity index (χ4v) is 0.982. The molecule has 0 heterocycles. The summed E-state index contributed by atoms with van der Waals surface area (Å²) in [7, 11) is 0. The molecule has 0 fully saturated rings. The van der Waals surface area contributed by atoms with Crippen molar-refractivity contribution in [2.24, 2.45) is 5.11 Å². The van der Waals surface area contributed by atoms with Gasteiger partial charge in [0.15, 0.2) is 0 Å². The van der Waals surface area contributed by atoms with Crippen molar-refractivity contribution < 1.29 is 26.7 Å². The second kappa shape index (κ2) is 5.09. The van der Waals surface area contributed by atoms with Crippen molar-refractivity contribution in [3.05, 3.63) is 40.3 Å². The van der Waals surface area contributed by atoms with Crippen molar-refractivity contribution in [3.63, 3.8) is 0 Å². The lowest BCUT2D eigenvalue weighted by Gasteiger charge is -2.20. The lowest BCUT2D eigenvalue weighted by Crippen LogP contribution is -2.41. The first kappa shape index (κ1) is 14.0. The van der Waals surface area contributed by atoms with Gasteiger partial charge in [-0.2, -0.15) is 22.0 Å². The van der Waals surface area contributed by atoms with E-state index in [1.165, 1.54) is 12.1 Å². The monoisotopic (exact) mass is 267 g/mol. The minimum atomic E-state index is -5.78. The summed E-state index contributed by atoms with van der Waals surface area (Å²) in [6.45, 7) is -0.0353. The Morgan fingerprint density at radius 2 is 1.67 bits per heavy atom. The highest BCUT2D eigenvalue weighted by Crippen LogP contribution is 2.37. The lowest BCUT2D eigenvalue weighted by atomic mass is 10.2. The smallest absolute Gasteiger partial charge is 0.426 e. The SMILES string of the molecule is [N-]=[N+]=NCc1ccc(OC(F)(F)C(F)(F)F)cc1. The Hall–Kier alpha value is -2.02. The summed E-state index contributed by atoms with van der Waals surface area (Å²) < 4.78 is 64.1. The molecule has 0 spiro atoms. The molecule has 18 heavy (non-hydrogen) atoms. The average molecular weight is 267 g/mol. The van der Waals surface area contributed by atoms with Gasteiger partial charge in [0.25, 0.3) is 0 Å². The zero-order valence-corrected chi connectivity index (χ0v) is 8.66. The van der Waals surface area contributed by atoms with Crippen LogP contribution in [0.25, 0.3) is 10.4 Å². The van der Waals surface area contributed by atoms with Crippen molar-refractivity contribution in [2.45, 2.75) is 18.8 Å². The zero-order chi connectivity index (χ0) is 13.8. The highest BCUT2D eigenvalue weighted by molar-refractivity contribution is 5.27. The van der Waals surface area contributed by atoms with E-state index in [2.05, 4.69) is 14.8 Å². The molecule has 0 aromatic heterocycles. The number of alkyl halides is 5. The van der Waals surface area contributed by atoms with E-state index in [9.17, 15) is 22.0 Å². The van der Waals surface area contributed by atoms with Gasteiger partial charge in [-0.1, -0.05) is 17.2 Å². The van der Waals surface area contributed by atoms with Gasteiger partial charge in [-0.05, 0) is 23.2 Å². The maximum atomic E-state index is 12.5. The molecule has 0 saturated carbocycles. The van der Waals surface area contributed by atoms with Gasteiger partial charge in [-0.25, -0.2) is 0 Å². The largest absolute Gasteiger partial charge is 0.499 e. The van der Waals surface area contributed by atoms with Gasteiger partial charge in [-0.15, -0.1) is 0 Å². The van der Waals surface area contributed by atoms with Crippen molar-refractivity contribution in [2.75, 3.05) is 0 Å². The molecular formula is C9H6F5N3O. The number of benzene rings is 1. The number of rotatable bonds is 4. The molecule has 1 aromatic carbocycles. The molecule has 0 bridgehead atoms. The van der Waals surface area contributed by atoms with Crippen LogP contribution in [-0.4, -0.2) is 12.3 Å². The van der Waals surface area contributed by atoms with Crippen molar-refractivity contribution in [1.82, 2.24) is 0 Å². The molecule has 0 N–H and O–H groups in total. The molecule has 1 aromatic rings. The third kappa shape index (κ3) is 3.49. The van der Waals surface area contributed by atoms with Gasteiger partial charge < -0.3 is 4.74 Å². The Morgan fingerprint density at radius 3 is 2.11 bits per heavy atom. The van der Waals surface area contributed by atoms with E-state index in [1.54, 1.807) is 0 Å². The molecule has 0 aliphatic carbocycles. The molecule has 4 nitrogen and oxygen atoms in total. The standard InChI is InChI=1S/C9H6F5N3O/c10-8(11,12)9(13,14)18-7-3-1-6(2-4-7)5-16-17-15/h1-4H,5H2. The summed E-state index contributed by atoms with van der Waals surface area (Å²) in [6, 6.07) is 4.30. The summed E-state index contributed by atoms with van der Waals surface area (Å²) in [5.74, 6) is -0.637. The third-order valence-corrected chi connectivity index (χ3v) is 1.82. The Labute approximate surface area is 97.6 Å².